The van der Waals surface area contributed by atoms with Gasteiger partial charge in [0.15, 0.2) is 11.6 Å². The van der Waals surface area contributed by atoms with Crippen molar-refractivity contribution in [3.8, 4) is 11.1 Å². The highest BCUT2D eigenvalue weighted by molar-refractivity contribution is 5.85. The van der Waals surface area contributed by atoms with Crippen LogP contribution in [-0.4, -0.2) is 0 Å². The number of aryl methyl sites for hydroxylation is 2. The standard InChI is InChI=1S/C24H19F3/c1-2-15-3-5-16(6-4-15)17-7-8-18-12-21(23(26)14-20(18)11-17)19-9-10-22(25)24(27)13-19/h3-6,9-14H,2,7-8H2,1H3. The fraction of sp³-hybridized carbons (Fsp3) is 0.167. The Morgan fingerprint density at radius 2 is 1.48 bits per heavy atom. The highest BCUT2D eigenvalue weighted by atomic mass is 19.2. The minimum Gasteiger partial charge on any atom is -0.206 e. The minimum absolute atomic E-state index is 0.303. The second-order valence-electron chi connectivity index (χ2n) is 6.88. The third-order valence-electron chi connectivity index (χ3n) is 5.19. The number of benzene rings is 3. The van der Waals surface area contributed by atoms with E-state index in [1.807, 2.05) is 6.08 Å². The van der Waals surface area contributed by atoms with Crippen LogP contribution in [0.2, 0.25) is 0 Å². The van der Waals surface area contributed by atoms with Crippen LogP contribution in [0.1, 0.15) is 35.6 Å². The summed E-state index contributed by atoms with van der Waals surface area (Å²) in [5, 5.41) is 0. The van der Waals surface area contributed by atoms with E-state index < -0.39 is 17.5 Å². The van der Waals surface area contributed by atoms with Gasteiger partial charge in [-0.3, -0.25) is 0 Å². The molecule has 0 spiro atoms. The third-order valence-corrected chi connectivity index (χ3v) is 5.19. The van der Waals surface area contributed by atoms with E-state index in [2.05, 4.69) is 31.2 Å². The molecular formula is C24H19F3. The van der Waals surface area contributed by atoms with Gasteiger partial charge in [0.1, 0.15) is 5.82 Å². The van der Waals surface area contributed by atoms with Crippen LogP contribution in [0.5, 0.6) is 0 Å². The molecule has 0 N–H and O–H groups in total. The predicted molar refractivity (Wildman–Crippen MR) is 104 cm³/mol. The zero-order chi connectivity index (χ0) is 19.0. The van der Waals surface area contributed by atoms with Crippen molar-refractivity contribution in [2.75, 3.05) is 0 Å². The molecule has 1 aliphatic carbocycles. The van der Waals surface area contributed by atoms with Crippen molar-refractivity contribution in [1.82, 2.24) is 0 Å². The average Bonchev–Trinajstić information content (AvgIpc) is 2.69. The molecule has 136 valence electrons. The summed E-state index contributed by atoms with van der Waals surface area (Å²) in [5.74, 6) is -2.33. The maximum absolute atomic E-state index is 14.7. The molecule has 3 aromatic carbocycles. The molecule has 1 aliphatic rings. The van der Waals surface area contributed by atoms with Gasteiger partial charge in [-0.05, 0) is 76.9 Å². The van der Waals surface area contributed by atoms with Gasteiger partial charge in [0.2, 0.25) is 0 Å². The van der Waals surface area contributed by atoms with Gasteiger partial charge in [0.05, 0.1) is 0 Å². The maximum Gasteiger partial charge on any atom is 0.159 e. The number of fused-ring (bicyclic) bond motifs is 1. The maximum atomic E-state index is 14.7. The smallest absolute Gasteiger partial charge is 0.159 e. The number of hydrogen-bond donors (Lipinski definition) is 0. The van der Waals surface area contributed by atoms with E-state index in [9.17, 15) is 13.2 Å². The molecule has 3 heteroatoms. The molecule has 0 saturated carbocycles. The van der Waals surface area contributed by atoms with Crippen LogP contribution in [0.3, 0.4) is 0 Å². The van der Waals surface area contributed by atoms with Gasteiger partial charge in [-0.25, -0.2) is 13.2 Å². The molecule has 0 heterocycles. The Balaban J connectivity index is 1.71. The lowest BCUT2D eigenvalue weighted by Gasteiger charge is -2.19. The van der Waals surface area contributed by atoms with Crippen LogP contribution in [0.4, 0.5) is 13.2 Å². The highest BCUT2D eigenvalue weighted by Crippen LogP contribution is 2.35. The number of rotatable bonds is 3. The van der Waals surface area contributed by atoms with Crippen LogP contribution in [0.25, 0.3) is 22.8 Å². The Labute approximate surface area is 157 Å². The molecule has 0 atom stereocenters. The minimum atomic E-state index is -0.970. The van der Waals surface area contributed by atoms with Crippen molar-refractivity contribution < 1.29 is 13.2 Å². The Bertz CT molecular complexity index is 1030. The summed E-state index contributed by atoms with van der Waals surface area (Å²) >= 11 is 0. The van der Waals surface area contributed by atoms with Gasteiger partial charge >= 0.3 is 0 Å². The Kier molecular flexibility index (Phi) is 4.61. The first-order valence-electron chi connectivity index (χ1n) is 9.13. The van der Waals surface area contributed by atoms with Crippen molar-refractivity contribution in [2.45, 2.75) is 26.2 Å². The van der Waals surface area contributed by atoms with Crippen molar-refractivity contribution in [1.29, 1.82) is 0 Å². The van der Waals surface area contributed by atoms with Crippen LogP contribution >= 0.6 is 0 Å². The molecule has 0 amide bonds. The van der Waals surface area contributed by atoms with Crippen molar-refractivity contribution in [3.63, 3.8) is 0 Å². The average molecular weight is 364 g/mol. The summed E-state index contributed by atoms with van der Waals surface area (Å²) in [7, 11) is 0. The van der Waals surface area contributed by atoms with E-state index >= 15 is 0 Å². The highest BCUT2D eigenvalue weighted by Gasteiger charge is 2.17. The zero-order valence-corrected chi connectivity index (χ0v) is 15.0. The molecule has 3 aromatic rings. The molecule has 4 rings (SSSR count). The second kappa shape index (κ2) is 7.07. The fourth-order valence-corrected chi connectivity index (χ4v) is 3.58. The second-order valence-corrected chi connectivity index (χ2v) is 6.88. The Hall–Kier alpha value is -2.81. The van der Waals surface area contributed by atoms with Gasteiger partial charge in [0, 0.05) is 5.56 Å². The summed E-state index contributed by atoms with van der Waals surface area (Å²) in [6.45, 7) is 2.12. The van der Waals surface area contributed by atoms with E-state index in [4.69, 9.17) is 0 Å². The summed E-state index contributed by atoms with van der Waals surface area (Å²) in [6.07, 6.45) is 4.67. The molecular weight excluding hydrogens is 345 g/mol. The molecule has 27 heavy (non-hydrogen) atoms. The number of hydrogen-bond acceptors (Lipinski definition) is 0. The van der Waals surface area contributed by atoms with E-state index in [0.717, 1.165) is 48.1 Å². The molecule has 0 nitrogen and oxygen atoms in total. The largest absolute Gasteiger partial charge is 0.206 e. The van der Waals surface area contributed by atoms with Crippen LogP contribution in [0.15, 0.2) is 54.6 Å². The molecule has 0 fully saturated rings. The molecule has 0 aromatic heterocycles. The SMILES string of the molecule is CCc1ccc(C2=Cc3cc(F)c(-c4ccc(F)c(F)c4)cc3CC2)cc1. The first kappa shape index (κ1) is 17.6. The monoisotopic (exact) mass is 364 g/mol. The lowest BCUT2D eigenvalue weighted by atomic mass is 9.86. The first-order chi connectivity index (χ1) is 13.0. The predicted octanol–water partition coefficient (Wildman–Crippen LogP) is 6.82. The van der Waals surface area contributed by atoms with Crippen LogP contribution < -0.4 is 0 Å². The first-order valence-corrected chi connectivity index (χ1v) is 9.13. The molecule has 0 saturated heterocycles. The number of allylic oxidation sites excluding steroid dienone is 1. The van der Waals surface area contributed by atoms with E-state index in [-0.39, 0.29) is 0 Å². The molecule has 0 radical (unpaired) electrons. The number of halogens is 3. The normalized spacial score (nSPS) is 13.3. The van der Waals surface area contributed by atoms with Gasteiger partial charge < -0.3 is 0 Å². The third kappa shape index (κ3) is 3.42. The van der Waals surface area contributed by atoms with Gasteiger partial charge in [-0.2, -0.15) is 0 Å². The molecule has 0 bridgehead atoms. The lowest BCUT2D eigenvalue weighted by Crippen LogP contribution is -2.01. The van der Waals surface area contributed by atoms with Crippen molar-refractivity contribution in [3.05, 3.63) is 94.3 Å². The fourth-order valence-electron chi connectivity index (χ4n) is 3.58. The van der Waals surface area contributed by atoms with Crippen LogP contribution in [-0.2, 0) is 12.8 Å². The summed E-state index contributed by atoms with van der Waals surface area (Å²) in [6, 6.07) is 15.2. The van der Waals surface area contributed by atoms with Gasteiger partial charge in [-0.1, -0.05) is 43.3 Å². The summed E-state index contributed by atoms with van der Waals surface area (Å²) < 4.78 is 41.4. The van der Waals surface area contributed by atoms with E-state index in [1.54, 1.807) is 6.07 Å². The van der Waals surface area contributed by atoms with Crippen molar-refractivity contribution >= 4 is 11.6 Å². The summed E-state index contributed by atoms with van der Waals surface area (Å²) in [5.41, 5.74) is 6.14. The van der Waals surface area contributed by atoms with E-state index in [0.29, 0.717) is 11.1 Å². The lowest BCUT2D eigenvalue weighted by molar-refractivity contribution is 0.509. The topological polar surface area (TPSA) is 0 Å². The molecule has 0 aliphatic heterocycles. The van der Waals surface area contributed by atoms with Crippen molar-refractivity contribution in [2.24, 2.45) is 0 Å². The Morgan fingerprint density at radius 3 is 2.19 bits per heavy atom. The van der Waals surface area contributed by atoms with E-state index in [1.165, 1.54) is 23.3 Å². The van der Waals surface area contributed by atoms with Gasteiger partial charge in [-0.15, -0.1) is 0 Å². The zero-order valence-electron chi connectivity index (χ0n) is 15.0. The quantitative estimate of drug-likeness (QED) is 0.478. The summed E-state index contributed by atoms with van der Waals surface area (Å²) in [4.78, 5) is 0. The Morgan fingerprint density at radius 1 is 0.741 bits per heavy atom. The van der Waals surface area contributed by atoms with Crippen LogP contribution in [0, 0.1) is 17.5 Å². The van der Waals surface area contributed by atoms with Gasteiger partial charge in [0.25, 0.3) is 0 Å². The molecule has 0 unspecified atom stereocenters.